The Kier molecular flexibility index (Phi) is 4.15. The molecule has 0 unspecified atom stereocenters. The van der Waals surface area contributed by atoms with Crippen molar-refractivity contribution in [1.29, 1.82) is 0 Å². The first kappa shape index (κ1) is 15.7. The third-order valence-electron chi connectivity index (χ3n) is 4.12. The number of nitrogens with zero attached hydrogens (tertiary/aromatic N) is 3. The summed E-state index contributed by atoms with van der Waals surface area (Å²) in [5, 5.41) is 4.24. The summed E-state index contributed by atoms with van der Waals surface area (Å²) in [6.45, 7) is 1.92. The first-order chi connectivity index (χ1) is 12.3. The normalized spacial score (nSPS) is 11.0. The molecule has 4 aromatic rings. The van der Waals surface area contributed by atoms with E-state index in [1.807, 2.05) is 54.3 Å². The van der Waals surface area contributed by atoms with Crippen LogP contribution in [0.3, 0.4) is 0 Å². The standard InChI is InChI=1S/C20H17N3OS/c1-14-19(20(22-24-14)15-6-4-3-5-7-15)18-12-23(13-21-18)16-8-10-17(25-2)11-9-16/h3-13H,1-2H3. The Morgan fingerprint density at radius 3 is 2.48 bits per heavy atom. The maximum absolute atomic E-state index is 5.45. The van der Waals surface area contributed by atoms with Gasteiger partial charge in [0.25, 0.3) is 0 Å². The van der Waals surface area contributed by atoms with Crippen LogP contribution in [0.25, 0.3) is 28.2 Å². The van der Waals surface area contributed by atoms with E-state index < -0.39 is 0 Å². The molecule has 2 heterocycles. The Hall–Kier alpha value is -2.79. The number of thioether (sulfide) groups is 1. The molecule has 25 heavy (non-hydrogen) atoms. The van der Waals surface area contributed by atoms with Crippen LogP contribution in [0.5, 0.6) is 0 Å². The Bertz CT molecular complexity index is 987. The first-order valence-electron chi connectivity index (χ1n) is 7.97. The first-order valence-corrected chi connectivity index (χ1v) is 9.19. The van der Waals surface area contributed by atoms with Crippen molar-refractivity contribution in [1.82, 2.24) is 14.7 Å². The Balaban J connectivity index is 1.74. The minimum Gasteiger partial charge on any atom is -0.360 e. The van der Waals surface area contributed by atoms with Crippen molar-refractivity contribution in [2.45, 2.75) is 11.8 Å². The van der Waals surface area contributed by atoms with Gasteiger partial charge < -0.3 is 9.09 Å². The van der Waals surface area contributed by atoms with Crippen LogP contribution < -0.4 is 0 Å². The van der Waals surface area contributed by atoms with Crippen molar-refractivity contribution in [3.05, 3.63) is 72.9 Å². The summed E-state index contributed by atoms with van der Waals surface area (Å²) in [6.07, 6.45) is 5.91. The highest BCUT2D eigenvalue weighted by Crippen LogP contribution is 2.33. The van der Waals surface area contributed by atoms with E-state index in [9.17, 15) is 0 Å². The molecule has 0 aliphatic rings. The highest BCUT2D eigenvalue weighted by Gasteiger charge is 2.18. The van der Waals surface area contributed by atoms with Crippen molar-refractivity contribution in [3.63, 3.8) is 0 Å². The number of aryl methyl sites for hydroxylation is 1. The number of benzene rings is 2. The van der Waals surface area contributed by atoms with Gasteiger partial charge in [0.05, 0.1) is 17.6 Å². The molecule has 4 nitrogen and oxygen atoms in total. The van der Waals surface area contributed by atoms with E-state index in [2.05, 4.69) is 40.7 Å². The van der Waals surface area contributed by atoms with E-state index >= 15 is 0 Å². The summed E-state index contributed by atoms with van der Waals surface area (Å²) >= 11 is 1.73. The Morgan fingerprint density at radius 2 is 1.76 bits per heavy atom. The lowest BCUT2D eigenvalue weighted by Gasteiger charge is -2.03. The van der Waals surface area contributed by atoms with Crippen molar-refractivity contribution >= 4 is 11.8 Å². The van der Waals surface area contributed by atoms with E-state index in [-0.39, 0.29) is 0 Å². The molecule has 0 aliphatic carbocycles. The number of hydrogen-bond donors (Lipinski definition) is 0. The molecule has 124 valence electrons. The molecule has 2 aromatic carbocycles. The largest absolute Gasteiger partial charge is 0.360 e. The molecule has 0 N–H and O–H groups in total. The molecule has 2 aromatic heterocycles. The van der Waals surface area contributed by atoms with Crippen LogP contribution in [-0.2, 0) is 0 Å². The number of aromatic nitrogens is 3. The average Bonchev–Trinajstić information content (AvgIpc) is 3.29. The van der Waals surface area contributed by atoms with Gasteiger partial charge in [0.15, 0.2) is 0 Å². The highest BCUT2D eigenvalue weighted by molar-refractivity contribution is 7.98. The smallest absolute Gasteiger partial charge is 0.143 e. The third-order valence-corrected chi connectivity index (χ3v) is 4.86. The summed E-state index contributed by atoms with van der Waals surface area (Å²) in [4.78, 5) is 5.82. The second kappa shape index (κ2) is 6.61. The van der Waals surface area contributed by atoms with E-state index in [0.717, 1.165) is 34.0 Å². The minimum atomic E-state index is 0.766. The molecule has 0 saturated heterocycles. The molecule has 0 saturated carbocycles. The van der Waals surface area contributed by atoms with Crippen molar-refractivity contribution in [2.75, 3.05) is 6.26 Å². The van der Waals surface area contributed by atoms with Crippen LogP contribution in [0.2, 0.25) is 0 Å². The zero-order valence-electron chi connectivity index (χ0n) is 14.0. The molecule has 0 aliphatic heterocycles. The quantitative estimate of drug-likeness (QED) is 0.474. The Labute approximate surface area is 150 Å². The fourth-order valence-electron chi connectivity index (χ4n) is 2.81. The second-order valence-corrected chi connectivity index (χ2v) is 6.57. The molecule has 0 atom stereocenters. The van der Waals surface area contributed by atoms with Gasteiger partial charge in [-0.1, -0.05) is 35.5 Å². The van der Waals surface area contributed by atoms with Crippen molar-refractivity contribution in [3.8, 4) is 28.2 Å². The summed E-state index contributed by atoms with van der Waals surface area (Å²) in [5.74, 6) is 0.766. The van der Waals surface area contributed by atoms with Crippen LogP contribution in [-0.4, -0.2) is 21.0 Å². The van der Waals surface area contributed by atoms with Crippen molar-refractivity contribution in [2.24, 2.45) is 0 Å². The number of hydrogen-bond acceptors (Lipinski definition) is 4. The van der Waals surface area contributed by atoms with E-state index in [4.69, 9.17) is 4.52 Å². The Morgan fingerprint density at radius 1 is 1.00 bits per heavy atom. The second-order valence-electron chi connectivity index (χ2n) is 5.69. The van der Waals surface area contributed by atoms with Gasteiger partial charge in [-0.15, -0.1) is 11.8 Å². The average molecular weight is 347 g/mol. The lowest BCUT2D eigenvalue weighted by molar-refractivity contribution is 0.400. The van der Waals surface area contributed by atoms with E-state index in [0.29, 0.717) is 0 Å². The molecule has 0 amide bonds. The fraction of sp³-hybridized carbons (Fsp3) is 0.100. The predicted octanol–water partition coefficient (Wildman–Crippen LogP) is 5.22. The van der Waals surface area contributed by atoms with Crippen LogP contribution >= 0.6 is 11.8 Å². The SMILES string of the molecule is CSc1ccc(-n2cnc(-c3c(-c4ccccc4)noc3C)c2)cc1. The van der Waals surface area contributed by atoms with Gasteiger partial charge in [-0.05, 0) is 37.4 Å². The molecule has 0 bridgehead atoms. The molecule has 0 spiro atoms. The predicted molar refractivity (Wildman–Crippen MR) is 101 cm³/mol. The van der Waals surface area contributed by atoms with Crippen molar-refractivity contribution < 1.29 is 4.52 Å². The number of rotatable bonds is 4. The summed E-state index contributed by atoms with van der Waals surface area (Å²) < 4.78 is 7.46. The van der Waals surface area contributed by atoms with Gasteiger partial charge in [-0.3, -0.25) is 0 Å². The van der Waals surface area contributed by atoms with Gasteiger partial charge in [-0.2, -0.15) is 0 Å². The number of imidazole rings is 1. The minimum absolute atomic E-state index is 0.766. The molecular weight excluding hydrogens is 330 g/mol. The van der Waals surface area contributed by atoms with E-state index in [1.165, 1.54) is 4.90 Å². The van der Waals surface area contributed by atoms with Crippen LogP contribution in [0.15, 0.2) is 76.5 Å². The molecule has 0 radical (unpaired) electrons. The monoisotopic (exact) mass is 347 g/mol. The van der Waals surface area contributed by atoms with Crippen LogP contribution in [0.1, 0.15) is 5.76 Å². The molecule has 0 fully saturated rings. The van der Waals surface area contributed by atoms with Gasteiger partial charge in [0.2, 0.25) is 0 Å². The maximum atomic E-state index is 5.45. The molecule has 5 heteroatoms. The lowest BCUT2D eigenvalue weighted by Crippen LogP contribution is -1.89. The zero-order valence-corrected chi connectivity index (χ0v) is 14.8. The summed E-state index contributed by atoms with van der Waals surface area (Å²) in [6, 6.07) is 18.4. The zero-order chi connectivity index (χ0) is 17.2. The highest BCUT2D eigenvalue weighted by atomic mass is 32.2. The summed E-state index contributed by atoms with van der Waals surface area (Å²) in [5.41, 5.74) is 4.71. The fourth-order valence-corrected chi connectivity index (χ4v) is 3.22. The van der Waals surface area contributed by atoms with Gasteiger partial charge in [0, 0.05) is 22.3 Å². The van der Waals surface area contributed by atoms with E-state index in [1.54, 1.807) is 11.8 Å². The topological polar surface area (TPSA) is 43.9 Å². The van der Waals surface area contributed by atoms with Gasteiger partial charge in [-0.25, -0.2) is 4.98 Å². The maximum Gasteiger partial charge on any atom is 0.143 e. The van der Waals surface area contributed by atoms with Crippen LogP contribution in [0, 0.1) is 6.92 Å². The van der Waals surface area contributed by atoms with Gasteiger partial charge >= 0.3 is 0 Å². The van der Waals surface area contributed by atoms with Crippen LogP contribution in [0.4, 0.5) is 0 Å². The molecule has 4 rings (SSSR count). The summed E-state index contributed by atoms with van der Waals surface area (Å²) in [7, 11) is 0. The van der Waals surface area contributed by atoms with Gasteiger partial charge in [0.1, 0.15) is 11.5 Å². The molecular formula is C20H17N3OS. The third kappa shape index (κ3) is 2.98. The lowest BCUT2D eigenvalue weighted by atomic mass is 10.0.